The number of hydrogen-bond donors (Lipinski definition) is 0. The topological polar surface area (TPSA) is 0 Å². The standard InChI is InChI=1S/C23H18F6/c1-2-3-13-4-6-15(17(24)8-13)7-5-14-9-18(25)22(19(26)10-14)16-11-20(27)23(29)21(28)12-16/h4,6,8-12H,2-3,5,7H2,1H3. The minimum absolute atomic E-state index is 0.171. The van der Waals surface area contributed by atoms with Gasteiger partial charge in [0.25, 0.3) is 0 Å². The lowest BCUT2D eigenvalue weighted by molar-refractivity contribution is 0.447. The minimum Gasteiger partial charge on any atom is -0.207 e. The zero-order chi connectivity index (χ0) is 21.1. The molecular weight excluding hydrogens is 390 g/mol. The molecule has 0 nitrogen and oxygen atoms in total. The van der Waals surface area contributed by atoms with Crippen molar-refractivity contribution in [3.05, 3.63) is 94.1 Å². The number of hydrogen-bond acceptors (Lipinski definition) is 0. The van der Waals surface area contributed by atoms with E-state index in [1.165, 1.54) is 6.07 Å². The van der Waals surface area contributed by atoms with Crippen LogP contribution in [0.15, 0.2) is 42.5 Å². The normalized spacial score (nSPS) is 11.1. The van der Waals surface area contributed by atoms with E-state index in [1.807, 2.05) is 13.0 Å². The Balaban J connectivity index is 1.83. The fourth-order valence-corrected chi connectivity index (χ4v) is 3.26. The smallest absolute Gasteiger partial charge is 0.194 e. The van der Waals surface area contributed by atoms with Crippen molar-refractivity contribution in [1.29, 1.82) is 0 Å². The van der Waals surface area contributed by atoms with Gasteiger partial charge in [0.1, 0.15) is 17.5 Å². The Hall–Kier alpha value is -2.76. The lowest BCUT2D eigenvalue weighted by atomic mass is 9.98. The van der Waals surface area contributed by atoms with Crippen LogP contribution in [0.25, 0.3) is 11.1 Å². The maximum Gasteiger partial charge on any atom is 0.194 e. The second kappa shape index (κ2) is 8.72. The fourth-order valence-electron chi connectivity index (χ4n) is 3.26. The zero-order valence-electron chi connectivity index (χ0n) is 15.6. The van der Waals surface area contributed by atoms with Crippen LogP contribution in [0.2, 0.25) is 0 Å². The van der Waals surface area contributed by atoms with Gasteiger partial charge in [0.15, 0.2) is 17.5 Å². The minimum atomic E-state index is -1.71. The summed E-state index contributed by atoms with van der Waals surface area (Å²) >= 11 is 0. The highest BCUT2D eigenvalue weighted by molar-refractivity contribution is 5.65. The number of aryl methyl sites for hydroxylation is 3. The first-order chi connectivity index (χ1) is 13.8. The van der Waals surface area contributed by atoms with Crippen LogP contribution in [-0.2, 0) is 19.3 Å². The van der Waals surface area contributed by atoms with E-state index in [9.17, 15) is 26.3 Å². The molecule has 29 heavy (non-hydrogen) atoms. The van der Waals surface area contributed by atoms with Crippen LogP contribution in [0.3, 0.4) is 0 Å². The number of benzene rings is 3. The third kappa shape index (κ3) is 4.63. The fraction of sp³-hybridized carbons (Fsp3) is 0.217. The summed E-state index contributed by atoms with van der Waals surface area (Å²) in [4.78, 5) is 0. The van der Waals surface area contributed by atoms with Crippen LogP contribution >= 0.6 is 0 Å². The molecule has 0 unspecified atom stereocenters. The molecule has 0 spiro atoms. The summed E-state index contributed by atoms with van der Waals surface area (Å²) in [6.45, 7) is 1.99. The average molecular weight is 408 g/mol. The second-order valence-corrected chi connectivity index (χ2v) is 6.86. The number of halogens is 6. The van der Waals surface area contributed by atoms with Gasteiger partial charge in [0.05, 0.1) is 5.56 Å². The molecule has 0 aliphatic heterocycles. The zero-order valence-corrected chi connectivity index (χ0v) is 15.6. The Kier molecular flexibility index (Phi) is 6.30. The Morgan fingerprint density at radius 2 is 1.17 bits per heavy atom. The quantitative estimate of drug-likeness (QED) is 0.307. The third-order valence-corrected chi connectivity index (χ3v) is 4.71. The summed E-state index contributed by atoms with van der Waals surface area (Å²) in [7, 11) is 0. The van der Waals surface area contributed by atoms with Crippen molar-refractivity contribution in [1.82, 2.24) is 0 Å². The molecule has 0 radical (unpaired) electrons. The highest BCUT2D eigenvalue weighted by atomic mass is 19.2. The van der Waals surface area contributed by atoms with E-state index in [0.29, 0.717) is 17.7 Å². The van der Waals surface area contributed by atoms with E-state index in [0.717, 1.165) is 30.5 Å². The highest BCUT2D eigenvalue weighted by Crippen LogP contribution is 2.30. The second-order valence-electron chi connectivity index (χ2n) is 6.86. The SMILES string of the molecule is CCCc1ccc(CCc2cc(F)c(-c3cc(F)c(F)c(F)c3)c(F)c2)c(F)c1. The van der Waals surface area contributed by atoms with Gasteiger partial charge in [-0.25, -0.2) is 26.3 Å². The molecule has 0 heterocycles. The van der Waals surface area contributed by atoms with E-state index in [-0.39, 0.29) is 24.2 Å². The van der Waals surface area contributed by atoms with Crippen molar-refractivity contribution in [2.75, 3.05) is 0 Å². The van der Waals surface area contributed by atoms with E-state index < -0.39 is 40.2 Å². The van der Waals surface area contributed by atoms with Gasteiger partial charge < -0.3 is 0 Å². The van der Waals surface area contributed by atoms with Crippen molar-refractivity contribution < 1.29 is 26.3 Å². The van der Waals surface area contributed by atoms with Gasteiger partial charge in [0.2, 0.25) is 0 Å². The molecule has 0 aliphatic rings. The van der Waals surface area contributed by atoms with Crippen LogP contribution in [-0.4, -0.2) is 0 Å². The molecule has 0 saturated carbocycles. The maximum atomic E-state index is 14.5. The lowest BCUT2D eigenvalue weighted by Crippen LogP contribution is -2.00. The first kappa shape index (κ1) is 21.0. The van der Waals surface area contributed by atoms with Gasteiger partial charge >= 0.3 is 0 Å². The van der Waals surface area contributed by atoms with Gasteiger partial charge in [0, 0.05) is 0 Å². The molecule has 0 aromatic heterocycles. The maximum absolute atomic E-state index is 14.5. The molecule has 0 fully saturated rings. The van der Waals surface area contributed by atoms with E-state index >= 15 is 0 Å². The van der Waals surface area contributed by atoms with Crippen LogP contribution in [0, 0.1) is 34.9 Å². The molecule has 6 heteroatoms. The molecule has 0 atom stereocenters. The van der Waals surface area contributed by atoms with E-state index in [4.69, 9.17) is 0 Å². The molecular formula is C23H18F6. The summed E-state index contributed by atoms with van der Waals surface area (Å²) in [5.74, 6) is -7.23. The van der Waals surface area contributed by atoms with Gasteiger partial charge in [-0.3, -0.25) is 0 Å². The average Bonchev–Trinajstić information content (AvgIpc) is 2.65. The molecule has 3 aromatic carbocycles. The summed E-state index contributed by atoms with van der Waals surface area (Å²) < 4.78 is 83.0. The van der Waals surface area contributed by atoms with Crippen LogP contribution in [0.1, 0.15) is 30.0 Å². The summed E-state index contributed by atoms with van der Waals surface area (Å²) in [5, 5.41) is 0. The Bertz CT molecular complexity index is 996. The van der Waals surface area contributed by atoms with Gasteiger partial charge in [-0.05, 0) is 71.8 Å². The summed E-state index contributed by atoms with van der Waals surface area (Å²) in [6.07, 6.45) is 2.06. The Morgan fingerprint density at radius 1 is 0.586 bits per heavy atom. The monoisotopic (exact) mass is 408 g/mol. The van der Waals surface area contributed by atoms with E-state index in [2.05, 4.69) is 0 Å². The molecule has 3 rings (SSSR count). The molecule has 0 aliphatic carbocycles. The van der Waals surface area contributed by atoms with Crippen molar-refractivity contribution in [2.24, 2.45) is 0 Å². The van der Waals surface area contributed by atoms with Crippen LogP contribution in [0.5, 0.6) is 0 Å². The third-order valence-electron chi connectivity index (χ3n) is 4.71. The molecule has 152 valence electrons. The van der Waals surface area contributed by atoms with Crippen LogP contribution in [0.4, 0.5) is 26.3 Å². The van der Waals surface area contributed by atoms with Gasteiger partial charge in [-0.2, -0.15) is 0 Å². The molecule has 0 N–H and O–H groups in total. The molecule has 3 aromatic rings. The van der Waals surface area contributed by atoms with E-state index in [1.54, 1.807) is 6.07 Å². The van der Waals surface area contributed by atoms with Crippen molar-refractivity contribution in [3.63, 3.8) is 0 Å². The first-order valence-corrected chi connectivity index (χ1v) is 9.20. The Morgan fingerprint density at radius 3 is 1.72 bits per heavy atom. The Labute approximate surface area is 164 Å². The van der Waals surface area contributed by atoms with Gasteiger partial charge in [-0.15, -0.1) is 0 Å². The highest BCUT2D eigenvalue weighted by Gasteiger charge is 2.18. The predicted octanol–water partition coefficient (Wildman–Crippen LogP) is 6.93. The largest absolute Gasteiger partial charge is 0.207 e. The van der Waals surface area contributed by atoms with Crippen molar-refractivity contribution in [3.8, 4) is 11.1 Å². The number of rotatable bonds is 6. The predicted molar refractivity (Wildman–Crippen MR) is 99.5 cm³/mol. The summed E-state index contributed by atoms with van der Waals surface area (Å²) in [6, 6.07) is 8.07. The molecule has 0 amide bonds. The van der Waals surface area contributed by atoms with Gasteiger partial charge in [-0.1, -0.05) is 25.5 Å². The van der Waals surface area contributed by atoms with Crippen molar-refractivity contribution in [2.45, 2.75) is 32.6 Å². The van der Waals surface area contributed by atoms with Crippen molar-refractivity contribution >= 4 is 0 Å². The summed E-state index contributed by atoms with van der Waals surface area (Å²) in [5.41, 5.74) is 0.484. The van der Waals surface area contributed by atoms with Crippen LogP contribution < -0.4 is 0 Å². The molecule has 0 saturated heterocycles. The molecule has 0 bridgehead atoms. The first-order valence-electron chi connectivity index (χ1n) is 9.20. The lowest BCUT2D eigenvalue weighted by Gasteiger charge is -2.10.